The van der Waals surface area contributed by atoms with Gasteiger partial charge in [0.05, 0.1) is 12.3 Å². The van der Waals surface area contributed by atoms with Crippen LogP contribution in [0.5, 0.6) is 0 Å². The number of carbonyl (C=O) groups is 3. The van der Waals surface area contributed by atoms with E-state index in [9.17, 15) is 14.4 Å². The van der Waals surface area contributed by atoms with Crippen LogP contribution in [0.2, 0.25) is 0 Å². The summed E-state index contributed by atoms with van der Waals surface area (Å²) in [6.45, 7) is 5.33. The molecule has 0 rings (SSSR count). The Labute approximate surface area is 131 Å². The van der Waals surface area contributed by atoms with Crippen molar-refractivity contribution in [1.82, 2.24) is 5.32 Å². The molecule has 0 aliphatic heterocycles. The molecule has 0 unspecified atom stereocenters. The van der Waals surface area contributed by atoms with Crippen molar-refractivity contribution in [3.8, 4) is 0 Å². The zero-order chi connectivity index (χ0) is 17.1. The Hall–Kier alpha value is -1.76. The van der Waals surface area contributed by atoms with Crippen LogP contribution in [0.15, 0.2) is 0 Å². The lowest BCUT2D eigenvalue weighted by Gasteiger charge is -2.21. The second-order valence-electron chi connectivity index (χ2n) is 5.21. The third-order valence-electron chi connectivity index (χ3n) is 2.92. The SMILES string of the molecule is CCC[C@H](OC)C(=O)N[C@@H](CCC(=O)C=N)C(=O)OC(C)C. The first-order chi connectivity index (χ1) is 10.3. The standard InChI is InChI=1S/C15H26N2O5/c1-5-6-13(21-4)14(19)17-12(8-7-11(18)9-16)15(20)22-10(2)3/h9-10,12-13,16H,5-8H2,1-4H3,(H,17,19)/t12-,13-/m0/s1. The lowest BCUT2D eigenvalue weighted by Crippen LogP contribution is -2.47. The van der Waals surface area contributed by atoms with Crippen molar-refractivity contribution in [3.05, 3.63) is 0 Å². The number of nitrogens with one attached hydrogen (secondary N) is 2. The molecule has 0 aliphatic rings. The predicted molar refractivity (Wildman–Crippen MR) is 81.9 cm³/mol. The van der Waals surface area contributed by atoms with Crippen LogP contribution < -0.4 is 5.32 Å². The van der Waals surface area contributed by atoms with E-state index < -0.39 is 29.8 Å². The number of amides is 1. The van der Waals surface area contributed by atoms with Crippen molar-refractivity contribution < 1.29 is 23.9 Å². The van der Waals surface area contributed by atoms with Crippen molar-refractivity contribution in [3.63, 3.8) is 0 Å². The highest BCUT2D eigenvalue weighted by Crippen LogP contribution is 2.06. The Bertz CT molecular complexity index is 395. The average molecular weight is 314 g/mol. The van der Waals surface area contributed by atoms with Gasteiger partial charge in [0.1, 0.15) is 12.1 Å². The minimum absolute atomic E-state index is 0.00688. The van der Waals surface area contributed by atoms with Gasteiger partial charge in [-0.3, -0.25) is 9.59 Å². The Morgan fingerprint density at radius 1 is 1.23 bits per heavy atom. The molecule has 0 aromatic heterocycles. The quantitative estimate of drug-likeness (QED) is 0.441. The maximum atomic E-state index is 12.1. The zero-order valence-electron chi connectivity index (χ0n) is 13.7. The molecule has 0 aromatic carbocycles. The van der Waals surface area contributed by atoms with Gasteiger partial charge < -0.3 is 20.2 Å². The summed E-state index contributed by atoms with van der Waals surface area (Å²) in [5.74, 6) is -1.40. The van der Waals surface area contributed by atoms with Gasteiger partial charge in [-0.05, 0) is 26.7 Å². The lowest BCUT2D eigenvalue weighted by molar-refractivity contribution is -0.152. The average Bonchev–Trinajstić information content (AvgIpc) is 2.47. The van der Waals surface area contributed by atoms with Gasteiger partial charge in [0.25, 0.3) is 0 Å². The number of ketones is 1. The monoisotopic (exact) mass is 314 g/mol. The fourth-order valence-corrected chi connectivity index (χ4v) is 1.80. The molecule has 0 bridgehead atoms. The summed E-state index contributed by atoms with van der Waals surface area (Å²) in [7, 11) is 1.43. The van der Waals surface area contributed by atoms with E-state index in [2.05, 4.69) is 5.32 Å². The Morgan fingerprint density at radius 2 is 1.86 bits per heavy atom. The number of ether oxygens (including phenoxy) is 2. The zero-order valence-corrected chi connectivity index (χ0v) is 13.7. The van der Waals surface area contributed by atoms with Gasteiger partial charge >= 0.3 is 5.97 Å². The molecular formula is C15H26N2O5. The number of hydrogen-bond acceptors (Lipinski definition) is 6. The molecule has 2 N–H and O–H groups in total. The lowest BCUT2D eigenvalue weighted by atomic mass is 10.1. The van der Waals surface area contributed by atoms with Crippen LogP contribution in [0, 0.1) is 5.41 Å². The number of Topliss-reactive ketones (excluding diaryl/α,β-unsaturated/α-hetero) is 1. The third kappa shape index (κ3) is 7.87. The summed E-state index contributed by atoms with van der Waals surface area (Å²) in [5, 5.41) is 9.44. The minimum Gasteiger partial charge on any atom is -0.461 e. The Balaban J connectivity index is 4.82. The highest BCUT2D eigenvalue weighted by atomic mass is 16.5. The fraction of sp³-hybridized carbons (Fsp3) is 0.733. The molecule has 7 heteroatoms. The van der Waals surface area contributed by atoms with Crippen LogP contribution in [-0.4, -0.2) is 49.2 Å². The van der Waals surface area contributed by atoms with Crippen molar-refractivity contribution >= 4 is 23.9 Å². The van der Waals surface area contributed by atoms with Crippen LogP contribution in [0.4, 0.5) is 0 Å². The second-order valence-corrected chi connectivity index (χ2v) is 5.21. The van der Waals surface area contributed by atoms with E-state index in [-0.39, 0.29) is 18.9 Å². The first kappa shape index (κ1) is 20.2. The highest BCUT2D eigenvalue weighted by Gasteiger charge is 2.27. The first-order valence-electron chi connectivity index (χ1n) is 7.42. The molecule has 0 heterocycles. The first-order valence-corrected chi connectivity index (χ1v) is 7.42. The summed E-state index contributed by atoms with van der Waals surface area (Å²) in [5.41, 5.74) is 0. The number of rotatable bonds is 11. The minimum atomic E-state index is -0.923. The van der Waals surface area contributed by atoms with Gasteiger partial charge in [-0.1, -0.05) is 13.3 Å². The number of esters is 1. The molecule has 126 valence electrons. The van der Waals surface area contributed by atoms with Gasteiger partial charge in [0.15, 0.2) is 5.78 Å². The van der Waals surface area contributed by atoms with Crippen molar-refractivity contribution in [1.29, 1.82) is 5.41 Å². The summed E-state index contributed by atoms with van der Waals surface area (Å²) in [6, 6.07) is -0.923. The smallest absolute Gasteiger partial charge is 0.328 e. The molecule has 0 fully saturated rings. The summed E-state index contributed by atoms with van der Waals surface area (Å²) in [4.78, 5) is 35.3. The van der Waals surface area contributed by atoms with Crippen LogP contribution >= 0.6 is 0 Å². The van der Waals surface area contributed by atoms with E-state index in [0.29, 0.717) is 12.6 Å². The molecule has 0 radical (unpaired) electrons. The third-order valence-corrected chi connectivity index (χ3v) is 2.92. The van der Waals surface area contributed by atoms with E-state index >= 15 is 0 Å². The van der Waals surface area contributed by atoms with E-state index in [1.165, 1.54) is 7.11 Å². The summed E-state index contributed by atoms with van der Waals surface area (Å²) < 4.78 is 10.2. The molecule has 0 saturated heterocycles. The Kier molecular flexibility index (Phi) is 10.0. The molecule has 1 amide bonds. The van der Waals surface area contributed by atoms with Crippen molar-refractivity contribution in [2.45, 2.75) is 64.7 Å². The van der Waals surface area contributed by atoms with Crippen molar-refractivity contribution in [2.24, 2.45) is 0 Å². The maximum absolute atomic E-state index is 12.1. The second kappa shape index (κ2) is 10.9. The maximum Gasteiger partial charge on any atom is 0.328 e. The van der Waals surface area contributed by atoms with Crippen LogP contribution in [-0.2, 0) is 23.9 Å². The number of carbonyl (C=O) groups excluding carboxylic acids is 3. The Morgan fingerprint density at radius 3 is 2.32 bits per heavy atom. The van der Waals surface area contributed by atoms with Gasteiger partial charge in [-0.25, -0.2) is 4.79 Å². The topological polar surface area (TPSA) is 106 Å². The molecule has 0 aromatic rings. The normalized spacial score (nSPS) is 13.3. The molecule has 0 saturated carbocycles. The molecular weight excluding hydrogens is 288 g/mol. The van der Waals surface area contributed by atoms with Gasteiger partial charge in [0, 0.05) is 13.5 Å². The highest BCUT2D eigenvalue weighted by molar-refractivity contribution is 6.26. The fourth-order valence-electron chi connectivity index (χ4n) is 1.80. The van der Waals surface area contributed by atoms with Gasteiger partial charge in [-0.2, -0.15) is 0 Å². The summed E-state index contributed by atoms with van der Waals surface area (Å²) in [6.07, 6.45) is 1.12. The van der Waals surface area contributed by atoms with Crippen LogP contribution in [0.3, 0.4) is 0 Å². The molecule has 22 heavy (non-hydrogen) atoms. The molecule has 2 atom stereocenters. The molecule has 0 spiro atoms. The van der Waals surface area contributed by atoms with Gasteiger partial charge in [-0.15, -0.1) is 0 Å². The van der Waals surface area contributed by atoms with E-state index in [0.717, 1.165) is 6.42 Å². The van der Waals surface area contributed by atoms with E-state index in [4.69, 9.17) is 14.9 Å². The largest absolute Gasteiger partial charge is 0.461 e. The van der Waals surface area contributed by atoms with E-state index in [1.54, 1.807) is 13.8 Å². The number of hydrogen-bond donors (Lipinski definition) is 2. The summed E-state index contributed by atoms with van der Waals surface area (Å²) >= 11 is 0. The van der Waals surface area contributed by atoms with Crippen LogP contribution in [0.1, 0.15) is 46.5 Å². The van der Waals surface area contributed by atoms with E-state index in [1.807, 2.05) is 6.92 Å². The van der Waals surface area contributed by atoms with Crippen molar-refractivity contribution in [2.75, 3.05) is 7.11 Å². The molecule has 0 aliphatic carbocycles. The molecule has 7 nitrogen and oxygen atoms in total. The number of methoxy groups -OCH3 is 1. The predicted octanol–water partition coefficient (Wildman–Crippen LogP) is 1.24. The van der Waals surface area contributed by atoms with Gasteiger partial charge in [0.2, 0.25) is 5.91 Å². The van der Waals surface area contributed by atoms with Crippen LogP contribution in [0.25, 0.3) is 0 Å².